The number of aliphatic hydroxyl groups excluding tert-OH is 1. The van der Waals surface area contributed by atoms with Crippen LogP contribution in [-0.2, 0) is 18.4 Å². The van der Waals surface area contributed by atoms with Gasteiger partial charge in [0, 0.05) is 6.42 Å². The number of amides is 1. The van der Waals surface area contributed by atoms with Crippen LogP contribution in [0.15, 0.2) is 97.2 Å². The number of carbonyl (C=O) groups is 1. The Morgan fingerprint density at radius 3 is 1.00 bits per heavy atom. The number of phosphoric acid groups is 1. The molecule has 0 saturated heterocycles. The fraction of sp³-hybridized carbons (Fsp3) is 0.785. The van der Waals surface area contributed by atoms with Crippen molar-refractivity contribution in [1.82, 2.24) is 5.32 Å². The average Bonchev–Trinajstić information content (AvgIpc) is 3.70. The molecule has 0 fully saturated rings. The van der Waals surface area contributed by atoms with Crippen LogP contribution >= 0.6 is 7.82 Å². The maximum Gasteiger partial charge on any atom is 0.472 e. The lowest BCUT2D eigenvalue weighted by atomic mass is 10.0. The second-order valence-corrected chi connectivity index (χ2v) is 28.1. The predicted octanol–water partition coefficient (Wildman–Crippen LogP) is 24.4. The first-order valence-electron chi connectivity index (χ1n) is 37.6. The van der Waals surface area contributed by atoms with E-state index in [-0.39, 0.29) is 19.1 Å². The van der Waals surface area contributed by atoms with Gasteiger partial charge in [-0.3, -0.25) is 13.8 Å². The molecule has 3 N–H and O–H groups in total. The van der Waals surface area contributed by atoms with E-state index in [0.29, 0.717) is 23.9 Å². The Morgan fingerprint density at radius 1 is 0.398 bits per heavy atom. The van der Waals surface area contributed by atoms with Crippen LogP contribution in [0.3, 0.4) is 0 Å². The van der Waals surface area contributed by atoms with Gasteiger partial charge in [0.15, 0.2) is 0 Å². The number of unbranched alkanes of at least 4 members (excludes halogenated alkanes) is 40. The molecule has 0 aromatic heterocycles. The van der Waals surface area contributed by atoms with E-state index in [1.54, 1.807) is 0 Å². The minimum Gasteiger partial charge on any atom is -0.391 e. The minimum absolute atomic E-state index is 0.0718. The first-order valence-corrected chi connectivity index (χ1v) is 39.1. The molecular weight excluding hydrogens is 1100 g/mol. The SMILES string of the molecule is CC/C=C\C/C=C\C/C=C\C/C=C\C/C=C\C/C=C\C/C=C\C/C=C\CCCCCCCCCCCCCCC(=O)NC(COP(=O)(O)OCC[N+](C)(C)C)C(O)CCCCCCCCCCCCCCCCCCCCCCCCCCCCCCC. The third-order valence-corrected chi connectivity index (χ3v) is 17.8. The number of phosphoric ester groups is 1. The number of hydrogen-bond donors (Lipinski definition) is 3. The van der Waals surface area contributed by atoms with Gasteiger partial charge in [-0.25, -0.2) is 4.57 Å². The van der Waals surface area contributed by atoms with Crippen molar-refractivity contribution in [2.45, 2.75) is 360 Å². The van der Waals surface area contributed by atoms with Crippen molar-refractivity contribution in [3.8, 4) is 0 Å². The maximum absolute atomic E-state index is 13.1. The second-order valence-electron chi connectivity index (χ2n) is 26.7. The minimum atomic E-state index is -4.34. The van der Waals surface area contributed by atoms with Crippen molar-refractivity contribution in [3.05, 3.63) is 97.2 Å². The summed E-state index contributed by atoms with van der Waals surface area (Å²) in [5, 5.41) is 14.2. The largest absolute Gasteiger partial charge is 0.472 e. The molecule has 0 bridgehead atoms. The van der Waals surface area contributed by atoms with Crippen LogP contribution in [0.5, 0.6) is 0 Å². The standard InChI is InChI=1S/C79H145N2O6P/c1-6-8-10-12-14-16-18-20-22-24-26-28-30-32-34-36-37-38-39-40-41-42-43-45-47-49-51-53-55-57-59-61-63-65-67-69-71-73-79(83)80-77(76-87-88(84,85)86-75-74-81(3,4)5)78(82)72-70-68-66-64-62-60-58-56-54-52-50-48-46-44-35-33-31-29-27-25-23-21-19-17-15-13-11-9-7-2/h8,10,14,16,20,22,26,28,32,34,37-38,40-41,43,45,77-78,82H,6-7,9,11-13,15,17-19,21,23-25,27,29-31,33,35-36,39,42,44,46-76H2,1-5H3,(H-,80,83,84,85)/p+1/b10-8-,16-14-,22-20-,28-26-,34-32-,38-37-,41-40-,45-43-. The van der Waals surface area contributed by atoms with Crippen molar-refractivity contribution in [2.24, 2.45) is 0 Å². The van der Waals surface area contributed by atoms with E-state index in [2.05, 4.69) is 116 Å². The first-order chi connectivity index (χ1) is 43.0. The van der Waals surface area contributed by atoms with Crippen molar-refractivity contribution in [1.29, 1.82) is 0 Å². The fourth-order valence-electron chi connectivity index (χ4n) is 11.1. The van der Waals surface area contributed by atoms with Gasteiger partial charge in [0.1, 0.15) is 13.2 Å². The molecule has 0 aromatic rings. The van der Waals surface area contributed by atoms with Gasteiger partial charge in [-0.05, 0) is 77.0 Å². The number of nitrogens with zero attached hydrogens (tertiary/aromatic N) is 1. The smallest absolute Gasteiger partial charge is 0.391 e. The summed E-state index contributed by atoms with van der Waals surface area (Å²) in [4.78, 5) is 23.5. The Morgan fingerprint density at radius 2 is 0.682 bits per heavy atom. The van der Waals surface area contributed by atoms with E-state index in [0.717, 1.165) is 89.9 Å². The Hall–Kier alpha value is -2.58. The van der Waals surface area contributed by atoms with Gasteiger partial charge in [0.05, 0.1) is 39.9 Å². The van der Waals surface area contributed by atoms with Gasteiger partial charge >= 0.3 is 7.82 Å². The van der Waals surface area contributed by atoms with E-state index < -0.39 is 20.0 Å². The van der Waals surface area contributed by atoms with Crippen molar-refractivity contribution in [2.75, 3.05) is 40.9 Å². The highest BCUT2D eigenvalue weighted by atomic mass is 31.2. The zero-order valence-electron chi connectivity index (χ0n) is 58.7. The lowest BCUT2D eigenvalue weighted by Gasteiger charge is -2.26. The summed E-state index contributed by atoms with van der Waals surface area (Å²) in [5.74, 6) is -0.145. The number of likely N-dealkylation sites (N-methyl/N-ethyl adjacent to an activating group) is 1. The molecule has 0 aromatic carbocycles. The van der Waals surface area contributed by atoms with E-state index >= 15 is 0 Å². The van der Waals surface area contributed by atoms with Gasteiger partial charge in [-0.15, -0.1) is 0 Å². The molecule has 512 valence electrons. The monoisotopic (exact) mass is 1250 g/mol. The number of nitrogens with one attached hydrogen (secondary N) is 1. The normalized spacial score (nSPS) is 14.1. The van der Waals surface area contributed by atoms with E-state index in [1.165, 1.54) is 231 Å². The van der Waals surface area contributed by atoms with Crippen molar-refractivity contribution < 1.29 is 32.9 Å². The number of quaternary nitrogens is 1. The molecular formula is C79H146N2O6P+. The first kappa shape index (κ1) is 85.4. The van der Waals surface area contributed by atoms with E-state index in [1.807, 2.05) is 21.1 Å². The zero-order valence-corrected chi connectivity index (χ0v) is 59.6. The number of carbonyl (C=O) groups excluding carboxylic acids is 1. The van der Waals surface area contributed by atoms with Gasteiger partial charge in [0.2, 0.25) is 5.91 Å². The Balaban J connectivity index is 4.03. The number of hydrogen-bond acceptors (Lipinski definition) is 5. The molecule has 0 spiro atoms. The van der Waals surface area contributed by atoms with Crippen LogP contribution in [-0.4, -0.2) is 73.4 Å². The molecule has 0 rings (SSSR count). The van der Waals surface area contributed by atoms with Crippen molar-refractivity contribution >= 4 is 13.7 Å². The molecule has 0 heterocycles. The van der Waals surface area contributed by atoms with Gasteiger partial charge in [-0.1, -0.05) is 361 Å². The molecule has 3 unspecified atom stereocenters. The molecule has 0 saturated carbocycles. The Bertz CT molecular complexity index is 1760. The Labute approximate surface area is 547 Å². The maximum atomic E-state index is 13.1. The number of rotatable bonds is 69. The fourth-order valence-corrected chi connectivity index (χ4v) is 11.8. The second kappa shape index (κ2) is 68.8. The topological polar surface area (TPSA) is 105 Å². The zero-order chi connectivity index (χ0) is 64.1. The lowest BCUT2D eigenvalue weighted by molar-refractivity contribution is -0.870. The number of aliphatic hydroxyl groups is 1. The van der Waals surface area contributed by atoms with Crippen molar-refractivity contribution in [3.63, 3.8) is 0 Å². The van der Waals surface area contributed by atoms with Gasteiger partial charge in [0.25, 0.3) is 0 Å². The molecule has 88 heavy (non-hydrogen) atoms. The lowest BCUT2D eigenvalue weighted by Crippen LogP contribution is -2.46. The molecule has 9 heteroatoms. The summed E-state index contributed by atoms with van der Waals surface area (Å²) in [5.41, 5.74) is 0. The van der Waals surface area contributed by atoms with Crippen LogP contribution in [0.25, 0.3) is 0 Å². The molecule has 3 atom stereocenters. The summed E-state index contributed by atoms with van der Waals surface area (Å²) < 4.78 is 23.9. The van der Waals surface area contributed by atoms with Crippen LogP contribution in [0.2, 0.25) is 0 Å². The highest BCUT2D eigenvalue weighted by Crippen LogP contribution is 2.43. The summed E-state index contributed by atoms with van der Waals surface area (Å²) in [6, 6.07) is -0.769. The Kier molecular flexibility index (Phi) is 66.8. The highest BCUT2D eigenvalue weighted by molar-refractivity contribution is 7.47. The van der Waals surface area contributed by atoms with Gasteiger partial charge < -0.3 is 19.8 Å². The third-order valence-electron chi connectivity index (χ3n) is 16.8. The third kappa shape index (κ3) is 70.9. The molecule has 8 nitrogen and oxygen atoms in total. The van der Waals surface area contributed by atoms with Crippen LogP contribution < -0.4 is 5.32 Å². The summed E-state index contributed by atoms with van der Waals surface area (Å²) in [6.45, 7) is 4.81. The molecule has 0 aliphatic heterocycles. The predicted molar refractivity (Wildman–Crippen MR) is 387 cm³/mol. The van der Waals surface area contributed by atoms with Crippen LogP contribution in [0.4, 0.5) is 0 Å². The van der Waals surface area contributed by atoms with E-state index in [4.69, 9.17) is 9.05 Å². The summed E-state index contributed by atoms with van der Waals surface area (Å²) in [6.07, 6.45) is 99.5. The molecule has 0 aliphatic carbocycles. The average molecular weight is 1250 g/mol. The quantitative estimate of drug-likeness (QED) is 0.0243. The number of allylic oxidation sites excluding steroid dienone is 16. The van der Waals surface area contributed by atoms with Crippen LogP contribution in [0, 0.1) is 0 Å². The highest BCUT2D eigenvalue weighted by Gasteiger charge is 2.28. The summed E-state index contributed by atoms with van der Waals surface area (Å²) >= 11 is 0. The summed E-state index contributed by atoms with van der Waals surface area (Å²) in [7, 11) is 1.62. The molecule has 1 amide bonds. The molecule has 0 radical (unpaired) electrons. The van der Waals surface area contributed by atoms with Crippen LogP contribution in [0.1, 0.15) is 348 Å². The van der Waals surface area contributed by atoms with Gasteiger partial charge in [-0.2, -0.15) is 0 Å². The molecule has 0 aliphatic rings. The van der Waals surface area contributed by atoms with E-state index in [9.17, 15) is 19.4 Å².